The van der Waals surface area contributed by atoms with E-state index in [1.54, 1.807) is 6.20 Å². The molecule has 4 heteroatoms. The first-order valence-electron chi connectivity index (χ1n) is 6.14. The number of aliphatic hydroxyl groups excluding tert-OH is 1. The van der Waals surface area contributed by atoms with E-state index < -0.39 is 0 Å². The normalized spacial score (nSPS) is 14.3. The number of hydrogen-bond donors (Lipinski definition) is 2. The molecule has 0 bridgehead atoms. The Morgan fingerprint density at radius 3 is 2.47 bits per heavy atom. The molecule has 0 spiro atoms. The lowest BCUT2D eigenvalue weighted by atomic mass is 9.94. The van der Waals surface area contributed by atoms with Gasteiger partial charge >= 0.3 is 0 Å². The molecule has 0 saturated heterocycles. The van der Waals surface area contributed by atoms with Crippen LogP contribution in [0.1, 0.15) is 46.3 Å². The van der Waals surface area contributed by atoms with Gasteiger partial charge in [-0.25, -0.2) is 4.98 Å². The van der Waals surface area contributed by atoms with Gasteiger partial charge in [0.2, 0.25) is 5.89 Å². The lowest BCUT2D eigenvalue weighted by Crippen LogP contribution is -2.36. The Labute approximate surface area is 103 Å². The number of aliphatic hydroxyl groups is 1. The molecule has 0 aromatic carbocycles. The number of rotatable bonds is 5. The van der Waals surface area contributed by atoms with E-state index in [9.17, 15) is 5.11 Å². The van der Waals surface area contributed by atoms with Gasteiger partial charge in [0, 0.05) is 11.5 Å². The molecule has 1 atom stereocenters. The summed E-state index contributed by atoms with van der Waals surface area (Å²) in [5, 5.41) is 12.4. The lowest BCUT2D eigenvalue weighted by Gasteiger charge is -2.19. The van der Waals surface area contributed by atoms with Gasteiger partial charge in [-0.05, 0) is 5.92 Å². The van der Waals surface area contributed by atoms with E-state index in [-0.39, 0.29) is 18.1 Å². The molecule has 1 rings (SSSR count). The first kappa shape index (κ1) is 14.2. The lowest BCUT2D eigenvalue weighted by molar-refractivity contribution is 0.206. The van der Waals surface area contributed by atoms with Crippen molar-refractivity contribution in [2.45, 2.75) is 52.6 Å². The summed E-state index contributed by atoms with van der Waals surface area (Å²) in [5.41, 5.74) is -0.0142. The van der Waals surface area contributed by atoms with Crippen LogP contribution in [0.3, 0.4) is 0 Å². The Hall–Kier alpha value is -0.870. The second-order valence-electron chi connectivity index (χ2n) is 5.78. The van der Waals surface area contributed by atoms with E-state index in [2.05, 4.69) is 44.9 Å². The number of hydrogen-bond acceptors (Lipinski definition) is 4. The van der Waals surface area contributed by atoms with Crippen LogP contribution in [0.2, 0.25) is 0 Å². The summed E-state index contributed by atoms with van der Waals surface area (Å²) in [4.78, 5) is 4.24. The van der Waals surface area contributed by atoms with Gasteiger partial charge in [-0.3, -0.25) is 0 Å². The predicted octanol–water partition coefficient (Wildman–Crippen LogP) is 2.08. The zero-order valence-electron chi connectivity index (χ0n) is 11.4. The van der Waals surface area contributed by atoms with Gasteiger partial charge < -0.3 is 14.8 Å². The molecule has 1 aromatic rings. The highest BCUT2D eigenvalue weighted by Gasteiger charge is 2.19. The van der Waals surface area contributed by atoms with Crippen molar-refractivity contribution in [3.63, 3.8) is 0 Å². The van der Waals surface area contributed by atoms with Crippen LogP contribution < -0.4 is 5.32 Å². The minimum atomic E-state index is -0.0142. The summed E-state index contributed by atoms with van der Waals surface area (Å²) in [6, 6.07) is 0.0833. The molecule has 98 valence electrons. The first-order chi connectivity index (χ1) is 7.84. The highest BCUT2D eigenvalue weighted by atomic mass is 16.4. The van der Waals surface area contributed by atoms with E-state index >= 15 is 0 Å². The highest BCUT2D eigenvalue weighted by Crippen LogP contribution is 2.22. The van der Waals surface area contributed by atoms with Gasteiger partial charge in [-0.2, -0.15) is 0 Å². The SMILES string of the molecule is CC(C)[C@@H](CO)NCc1ncc(C(C)(C)C)o1. The smallest absolute Gasteiger partial charge is 0.208 e. The third kappa shape index (κ3) is 4.13. The summed E-state index contributed by atoms with van der Waals surface area (Å²) < 4.78 is 5.67. The molecule has 0 aliphatic carbocycles. The molecule has 1 heterocycles. The van der Waals surface area contributed by atoms with Gasteiger partial charge in [0.1, 0.15) is 5.76 Å². The average molecular weight is 240 g/mol. The summed E-state index contributed by atoms with van der Waals surface area (Å²) >= 11 is 0. The maximum atomic E-state index is 9.20. The average Bonchev–Trinajstić information content (AvgIpc) is 2.66. The van der Waals surface area contributed by atoms with Crippen LogP contribution in [-0.2, 0) is 12.0 Å². The number of aromatic nitrogens is 1. The predicted molar refractivity (Wildman–Crippen MR) is 67.8 cm³/mol. The largest absolute Gasteiger partial charge is 0.444 e. The maximum absolute atomic E-state index is 9.20. The van der Waals surface area contributed by atoms with Crippen molar-refractivity contribution < 1.29 is 9.52 Å². The van der Waals surface area contributed by atoms with Crippen molar-refractivity contribution in [1.82, 2.24) is 10.3 Å². The van der Waals surface area contributed by atoms with Gasteiger partial charge in [-0.1, -0.05) is 34.6 Å². The van der Waals surface area contributed by atoms with E-state index in [1.807, 2.05) is 0 Å². The van der Waals surface area contributed by atoms with Crippen LogP contribution in [0.25, 0.3) is 0 Å². The van der Waals surface area contributed by atoms with Gasteiger partial charge in [0.25, 0.3) is 0 Å². The molecule has 0 radical (unpaired) electrons. The molecule has 0 fully saturated rings. The van der Waals surface area contributed by atoms with Crippen molar-refractivity contribution in [2.75, 3.05) is 6.61 Å². The van der Waals surface area contributed by atoms with Crippen molar-refractivity contribution >= 4 is 0 Å². The van der Waals surface area contributed by atoms with Crippen LogP contribution in [0.5, 0.6) is 0 Å². The van der Waals surface area contributed by atoms with Gasteiger partial charge in [0.15, 0.2) is 0 Å². The summed E-state index contributed by atoms with van der Waals surface area (Å²) in [6.45, 7) is 11.1. The topological polar surface area (TPSA) is 58.3 Å². The third-order valence-corrected chi connectivity index (χ3v) is 2.81. The standard InChI is InChI=1S/C13H24N2O2/c1-9(2)10(8-16)14-7-12-15-6-11(17-12)13(3,4)5/h6,9-10,14,16H,7-8H2,1-5H3/t10-/m1/s1. The first-order valence-corrected chi connectivity index (χ1v) is 6.14. The second kappa shape index (κ2) is 5.65. The zero-order valence-corrected chi connectivity index (χ0v) is 11.4. The van der Waals surface area contributed by atoms with E-state index in [0.29, 0.717) is 18.4 Å². The molecule has 0 unspecified atom stereocenters. The van der Waals surface area contributed by atoms with Crippen LogP contribution in [0, 0.1) is 5.92 Å². The Balaban J connectivity index is 2.56. The van der Waals surface area contributed by atoms with Gasteiger partial charge in [-0.15, -0.1) is 0 Å². The minimum absolute atomic E-state index is 0.0142. The fraction of sp³-hybridized carbons (Fsp3) is 0.769. The Morgan fingerprint density at radius 1 is 1.41 bits per heavy atom. The Bertz CT molecular complexity index is 339. The second-order valence-corrected chi connectivity index (χ2v) is 5.78. The molecular formula is C13H24N2O2. The quantitative estimate of drug-likeness (QED) is 0.827. The van der Waals surface area contributed by atoms with E-state index in [4.69, 9.17) is 4.42 Å². The Morgan fingerprint density at radius 2 is 2.06 bits per heavy atom. The van der Waals surface area contributed by atoms with Crippen LogP contribution >= 0.6 is 0 Å². The maximum Gasteiger partial charge on any atom is 0.208 e. The van der Waals surface area contributed by atoms with Crippen molar-refractivity contribution in [3.8, 4) is 0 Å². The van der Waals surface area contributed by atoms with E-state index in [1.165, 1.54) is 0 Å². The number of nitrogens with zero attached hydrogens (tertiary/aromatic N) is 1. The van der Waals surface area contributed by atoms with Crippen molar-refractivity contribution in [2.24, 2.45) is 5.92 Å². The monoisotopic (exact) mass is 240 g/mol. The fourth-order valence-electron chi connectivity index (χ4n) is 1.47. The summed E-state index contributed by atoms with van der Waals surface area (Å²) in [5.74, 6) is 1.95. The number of nitrogens with one attached hydrogen (secondary N) is 1. The Kier molecular flexibility index (Phi) is 4.71. The summed E-state index contributed by atoms with van der Waals surface area (Å²) in [7, 11) is 0. The van der Waals surface area contributed by atoms with E-state index in [0.717, 1.165) is 5.76 Å². The molecule has 1 aromatic heterocycles. The summed E-state index contributed by atoms with van der Waals surface area (Å²) in [6.07, 6.45) is 1.78. The number of oxazole rings is 1. The highest BCUT2D eigenvalue weighted by molar-refractivity contribution is 5.05. The molecule has 17 heavy (non-hydrogen) atoms. The molecule has 2 N–H and O–H groups in total. The molecular weight excluding hydrogens is 216 g/mol. The van der Waals surface area contributed by atoms with Gasteiger partial charge in [0.05, 0.1) is 19.3 Å². The van der Waals surface area contributed by atoms with Crippen LogP contribution in [0.4, 0.5) is 0 Å². The molecule has 0 aliphatic rings. The molecule has 4 nitrogen and oxygen atoms in total. The van der Waals surface area contributed by atoms with Crippen LogP contribution in [-0.4, -0.2) is 22.7 Å². The molecule has 0 amide bonds. The van der Waals surface area contributed by atoms with Crippen molar-refractivity contribution in [3.05, 3.63) is 17.8 Å². The van der Waals surface area contributed by atoms with Crippen LogP contribution in [0.15, 0.2) is 10.6 Å². The fourth-order valence-corrected chi connectivity index (χ4v) is 1.47. The minimum Gasteiger partial charge on any atom is -0.444 e. The van der Waals surface area contributed by atoms with Crippen molar-refractivity contribution in [1.29, 1.82) is 0 Å². The molecule has 0 saturated carbocycles. The zero-order chi connectivity index (χ0) is 13.1. The third-order valence-electron chi connectivity index (χ3n) is 2.81. The molecule has 0 aliphatic heterocycles.